The summed E-state index contributed by atoms with van der Waals surface area (Å²) in [6.45, 7) is 4.05. The Balaban J connectivity index is 2.15. The SMILES string of the molecule is Cc1ccc([C@@H](C)O)c(OCc2cn(C)nn2)c1. The molecule has 96 valence electrons. The fourth-order valence-electron chi connectivity index (χ4n) is 1.72. The summed E-state index contributed by atoms with van der Waals surface area (Å²) in [6.07, 6.45) is 1.25. The molecule has 0 bridgehead atoms. The number of benzene rings is 1. The van der Waals surface area contributed by atoms with Crippen molar-refractivity contribution < 1.29 is 9.84 Å². The van der Waals surface area contributed by atoms with Gasteiger partial charge in [0.05, 0.1) is 12.3 Å². The highest BCUT2D eigenvalue weighted by atomic mass is 16.5. The second-order valence-corrected chi connectivity index (χ2v) is 4.39. The van der Waals surface area contributed by atoms with Crippen LogP contribution in [0, 0.1) is 6.92 Å². The van der Waals surface area contributed by atoms with Gasteiger partial charge in [0, 0.05) is 12.6 Å². The predicted octanol–water partition coefficient (Wildman–Crippen LogP) is 1.76. The van der Waals surface area contributed by atoms with E-state index in [2.05, 4.69) is 10.3 Å². The monoisotopic (exact) mass is 247 g/mol. The van der Waals surface area contributed by atoms with E-state index in [9.17, 15) is 5.11 Å². The number of ether oxygens (including phenoxy) is 1. The van der Waals surface area contributed by atoms with Gasteiger partial charge in [-0.1, -0.05) is 17.3 Å². The van der Waals surface area contributed by atoms with Crippen molar-refractivity contribution in [1.82, 2.24) is 15.0 Å². The van der Waals surface area contributed by atoms with Crippen LogP contribution < -0.4 is 4.74 Å². The Morgan fingerprint density at radius 3 is 2.83 bits per heavy atom. The van der Waals surface area contributed by atoms with E-state index >= 15 is 0 Å². The number of aliphatic hydroxyl groups excluding tert-OH is 1. The van der Waals surface area contributed by atoms with Gasteiger partial charge in [0.15, 0.2) is 0 Å². The van der Waals surface area contributed by atoms with E-state index in [0.29, 0.717) is 12.4 Å². The Hall–Kier alpha value is -1.88. The van der Waals surface area contributed by atoms with Crippen LogP contribution in [-0.2, 0) is 13.7 Å². The topological polar surface area (TPSA) is 60.2 Å². The van der Waals surface area contributed by atoms with Gasteiger partial charge in [-0.15, -0.1) is 5.10 Å². The average Bonchev–Trinajstić information content (AvgIpc) is 2.72. The maximum absolute atomic E-state index is 9.68. The zero-order chi connectivity index (χ0) is 13.1. The standard InChI is InChI=1S/C13H17N3O2/c1-9-4-5-12(10(2)17)13(6-9)18-8-11-7-16(3)15-14-11/h4-7,10,17H,8H2,1-3H3/t10-/m1/s1. The fraction of sp³-hybridized carbons (Fsp3) is 0.385. The van der Waals surface area contributed by atoms with E-state index < -0.39 is 6.10 Å². The zero-order valence-corrected chi connectivity index (χ0v) is 10.8. The van der Waals surface area contributed by atoms with Crippen molar-refractivity contribution in [2.45, 2.75) is 26.6 Å². The van der Waals surface area contributed by atoms with Crippen molar-refractivity contribution in [3.05, 3.63) is 41.2 Å². The number of aliphatic hydroxyl groups is 1. The first-order chi connectivity index (χ1) is 8.56. The van der Waals surface area contributed by atoms with Crippen molar-refractivity contribution in [3.63, 3.8) is 0 Å². The Kier molecular flexibility index (Phi) is 3.62. The van der Waals surface area contributed by atoms with Gasteiger partial charge in [-0.2, -0.15) is 0 Å². The molecule has 5 heteroatoms. The van der Waals surface area contributed by atoms with Crippen LogP contribution >= 0.6 is 0 Å². The van der Waals surface area contributed by atoms with Crippen LogP contribution in [0.25, 0.3) is 0 Å². The van der Waals surface area contributed by atoms with Crippen molar-refractivity contribution in [2.24, 2.45) is 7.05 Å². The molecule has 5 nitrogen and oxygen atoms in total. The van der Waals surface area contributed by atoms with Crippen LogP contribution in [0.4, 0.5) is 0 Å². The molecule has 1 N–H and O–H groups in total. The Labute approximate surface area is 106 Å². The smallest absolute Gasteiger partial charge is 0.134 e. The van der Waals surface area contributed by atoms with E-state index in [4.69, 9.17) is 4.74 Å². The molecule has 0 saturated heterocycles. The van der Waals surface area contributed by atoms with Gasteiger partial charge in [-0.05, 0) is 25.5 Å². The van der Waals surface area contributed by atoms with E-state index in [1.807, 2.05) is 32.2 Å². The molecular weight excluding hydrogens is 230 g/mol. The number of nitrogens with zero attached hydrogens (tertiary/aromatic N) is 3. The molecule has 1 heterocycles. The van der Waals surface area contributed by atoms with Gasteiger partial charge < -0.3 is 9.84 Å². The van der Waals surface area contributed by atoms with E-state index in [0.717, 1.165) is 16.8 Å². The average molecular weight is 247 g/mol. The third-order valence-corrected chi connectivity index (χ3v) is 2.64. The summed E-state index contributed by atoms with van der Waals surface area (Å²) in [6, 6.07) is 5.75. The first-order valence-electron chi connectivity index (χ1n) is 5.83. The van der Waals surface area contributed by atoms with Gasteiger partial charge in [0.1, 0.15) is 18.1 Å². The maximum atomic E-state index is 9.68. The van der Waals surface area contributed by atoms with Crippen LogP contribution in [0.3, 0.4) is 0 Å². The van der Waals surface area contributed by atoms with Crippen LogP contribution in [0.15, 0.2) is 24.4 Å². The fourth-order valence-corrected chi connectivity index (χ4v) is 1.72. The minimum Gasteiger partial charge on any atom is -0.487 e. The van der Waals surface area contributed by atoms with Gasteiger partial charge in [-0.3, -0.25) is 4.68 Å². The predicted molar refractivity (Wildman–Crippen MR) is 67.1 cm³/mol. The molecule has 0 aliphatic rings. The molecular formula is C13H17N3O2. The number of hydrogen-bond donors (Lipinski definition) is 1. The molecule has 18 heavy (non-hydrogen) atoms. The molecule has 1 aromatic heterocycles. The zero-order valence-electron chi connectivity index (χ0n) is 10.8. The molecule has 0 aliphatic heterocycles. The molecule has 0 spiro atoms. The first kappa shape index (κ1) is 12.6. The lowest BCUT2D eigenvalue weighted by Gasteiger charge is -2.13. The minimum absolute atomic E-state index is 0.344. The van der Waals surface area contributed by atoms with Crippen LogP contribution in [0.5, 0.6) is 5.75 Å². The van der Waals surface area contributed by atoms with E-state index in [1.165, 1.54) is 0 Å². The first-order valence-corrected chi connectivity index (χ1v) is 5.83. The van der Waals surface area contributed by atoms with Crippen LogP contribution in [-0.4, -0.2) is 20.1 Å². The molecule has 1 aromatic carbocycles. The number of hydrogen-bond acceptors (Lipinski definition) is 4. The largest absolute Gasteiger partial charge is 0.487 e. The quantitative estimate of drug-likeness (QED) is 0.894. The van der Waals surface area contributed by atoms with Crippen molar-refractivity contribution >= 4 is 0 Å². The lowest BCUT2D eigenvalue weighted by Crippen LogP contribution is -2.01. The molecule has 2 rings (SSSR count). The summed E-state index contributed by atoms with van der Waals surface area (Å²) in [5.41, 5.74) is 2.63. The minimum atomic E-state index is -0.553. The summed E-state index contributed by atoms with van der Waals surface area (Å²) in [4.78, 5) is 0. The number of aromatic nitrogens is 3. The highest BCUT2D eigenvalue weighted by Gasteiger charge is 2.10. The van der Waals surface area contributed by atoms with E-state index in [-0.39, 0.29) is 0 Å². The molecule has 0 aliphatic carbocycles. The maximum Gasteiger partial charge on any atom is 0.134 e. The van der Waals surface area contributed by atoms with Crippen LogP contribution in [0.2, 0.25) is 0 Å². The molecule has 0 amide bonds. The lowest BCUT2D eigenvalue weighted by molar-refractivity contribution is 0.190. The summed E-state index contributed by atoms with van der Waals surface area (Å²) in [5.74, 6) is 0.690. The van der Waals surface area contributed by atoms with E-state index in [1.54, 1.807) is 17.8 Å². The summed E-state index contributed by atoms with van der Waals surface area (Å²) >= 11 is 0. The van der Waals surface area contributed by atoms with Crippen molar-refractivity contribution in [1.29, 1.82) is 0 Å². The molecule has 2 aromatic rings. The van der Waals surface area contributed by atoms with Gasteiger partial charge in [-0.25, -0.2) is 0 Å². The van der Waals surface area contributed by atoms with Crippen LogP contribution in [0.1, 0.15) is 29.8 Å². The number of aryl methyl sites for hydroxylation is 2. The Morgan fingerprint density at radius 2 is 2.22 bits per heavy atom. The second kappa shape index (κ2) is 5.18. The Bertz CT molecular complexity index is 535. The summed E-state index contributed by atoms with van der Waals surface area (Å²) in [5, 5.41) is 17.5. The summed E-state index contributed by atoms with van der Waals surface area (Å²) < 4.78 is 7.33. The highest BCUT2D eigenvalue weighted by molar-refractivity contribution is 5.38. The second-order valence-electron chi connectivity index (χ2n) is 4.39. The molecule has 0 saturated carbocycles. The molecule has 0 unspecified atom stereocenters. The molecule has 0 fully saturated rings. The van der Waals surface area contributed by atoms with Gasteiger partial charge >= 0.3 is 0 Å². The molecule has 1 atom stereocenters. The molecule has 0 radical (unpaired) electrons. The van der Waals surface area contributed by atoms with Crippen molar-refractivity contribution in [3.8, 4) is 5.75 Å². The van der Waals surface area contributed by atoms with Crippen molar-refractivity contribution in [2.75, 3.05) is 0 Å². The lowest BCUT2D eigenvalue weighted by atomic mass is 10.1. The number of rotatable bonds is 4. The Morgan fingerprint density at radius 1 is 1.44 bits per heavy atom. The van der Waals surface area contributed by atoms with Gasteiger partial charge in [0.2, 0.25) is 0 Å². The third kappa shape index (κ3) is 2.87. The highest BCUT2D eigenvalue weighted by Crippen LogP contribution is 2.26. The normalized spacial score (nSPS) is 12.4. The van der Waals surface area contributed by atoms with Gasteiger partial charge in [0.25, 0.3) is 0 Å². The summed E-state index contributed by atoms with van der Waals surface area (Å²) in [7, 11) is 1.81. The third-order valence-electron chi connectivity index (χ3n) is 2.64.